The van der Waals surface area contributed by atoms with E-state index in [-0.39, 0.29) is 13.0 Å². The van der Waals surface area contributed by atoms with E-state index in [0.29, 0.717) is 17.3 Å². The third kappa shape index (κ3) is 5.70. The van der Waals surface area contributed by atoms with E-state index < -0.39 is 29.4 Å². The zero-order valence-corrected chi connectivity index (χ0v) is 11.6. The van der Waals surface area contributed by atoms with Crippen LogP contribution in [0.4, 0.5) is 4.39 Å². The molecule has 114 valence electrons. The fraction of sp³-hybridized carbons (Fsp3) is 0.727. The molecule has 0 aromatic carbocycles. The molecule has 3 amide bonds. The second-order valence-corrected chi connectivity index (χ2v) is 5.15. The summed E-state index contributed by atoms with van der Waals surface area (Å²) in [5.74, 6) is -2.05. The van der Waals surface area contributed by atoms with Crippen molar-refractivity contribution < 1.29 is 18.8 Å². The maximum Gasteiger partial charge on any atom is 0.291 e. The first kappa shape index (κ1) is 16.6. The second-order valence-electron chi connectivity index (χ2n) is 4.77. The number of carbonyl (C=O) groups excluding carboxylic acids is 3. The maximum absolute atomic E-state index is 12.8. The number of hydrazine groups is 1. The van der Waals surface area contributed by atoms with E-state index in [0.717, 1.165) is 12.8 Å². The fourth-order valence-corrected chi connectivity index (χ4v) is 1.71. The van der Waals surface area contributed by atoms with Gasteiger partial charge in [-0.05, 0) is 12.3 Å². The smallest absolute Gasteiger partial charge is 0.291 e. The Morgan fingerprint density at radius 2 is 2.00 bits per heavy atom. The van der Waals surface area contributed by atoms with Crippen molar-refractivity contribution in [2.75, 3.05) is 6.54 Å². The number of nitrogens with one attached hydrogen (secondary N) is 1. The molecule has 9 heteroatoms. The second kappa shape index (κ2) is 7.39. The Labute approximate surface area is 120 Å². The normalized spacial score (nSPS) is 17.1. The Morgan fingerprint density at radius 3 is 2.45 bits per heavy atom. The van der Waals surface area contributed by atoms with E-state index in [1.807, 2.05) is 0 Å². The van der Waals surface area contributed by atoms with Crippen LogP contribution in [0.25, 0.3) is 0 Å². The van der Waals surface area contributed by atoms with Crippen molar-refractivity contribution in [3.8, 4) is 0 Å². The van der Waals surface area contributed by atoms with Crippen LogP contribution in [0.3, 0.4) is 0 Å². The molecule has 0 aliphatic heterocycles. The largest absolute Gasteiger partial charge is 0.370 e. The quantitative estimate of drug-likeness (QED) is 0.429. The Bertz CT molecular complexity index is 390. The minimum Gasteiger partial charge on any atom is -0.370 e. The minimum absolute atomic E-state index is 0.229. The average molecular weight is 309 g/mol. The van der Waals surface area contributed by atoms with E-state index >= 15 is 0 Å². The van der Waals surface area contributed by atoms with Gasteiger partial charge in [0.1, 0.15) is 0 Å². The molecule has 0 radical (unpaired) electrons. The van der Waals surface area contributed by atoms with Crippen LogP contribution in [-0.4, -0.2) is 40.9 Å². The van der Waals surface area contributed by atoms with Crippen LogP contribution < -0.4 is 16.9 Å². The van der Waals surface area contributed by atoms with Gasteiger partial charge in [-0.25, -0.2) is 9.40 Å². The van der Waals surface area contributed by atoms with Crippen molar-refractivity contribution in [2.45, 2.75) is 37.4 Å². The number of hydrogen-bond donors (Lipinski definition) is 3. The van der Waals surface area contributed by atoms with Gasteiger partial charge >= 0.3 is 0 Å². The van der Waals surface area contributed by atoms with E-state index in [1.165, 1.54) is 0 Å². The molecule has 0 spiro atoms. The summed E-state index contributed by atoms with van der Waals surface area (Å²) < 4.78 is 12.8. The number of hydrogen-bond acceptors (Lipinski definition) is 4. The fourth-order valence-electron chi connectivity index (χ4n) is 1.60. The minimum atomic E-state index is -2.32. The third-order valence-corrected chi connectivity index (χ3v) is 3.09. The Hall–Kier alpha value is -1.41. The first-order valence-corrected chi connectivity index (χ1v) is 6.68. The SMILES string of the molecule is NC(=O)CCN(NC(=O)C(N)CC1CC1)C(=O)C(F)Cl. The van der Waals surface area contributed by atoms with E-state index in [1.54, 1.807) is 0 Å². The van der Waals surface area contributed by atoms with Gasteiger partial charge in [-0.3, -0.25) is 19.8 Å². The number of rotatable bonds is 7. The number of amides is 3. The molecule has 1 aliphatic rings. The zero-order chi connectivity index (χ0) is 15.3. The highest BCUT2D eigenvalue weighted by molar-refractivity contribution is 6.29. The van der Waals surface area contributed by atoms with Crippen molar-refractivity contribution >= 4 is 29.3 Å². The van der Waals surface area contributed by atoms with Gasteiger partial charge in [0.15, 0.2) is 0 Å². The molecule has 1 rings (SSSR count). The van der Waals surface area contributed by atoms with Crippen molar-refractivity contribution in [2.24, 2.45) is 17.4 Å². The topological polar surface area (TPSA) is 119 Å². The van der Waals surface area contributed by atoms with Crippen LogP contribution in [0.1, 0.15) is 25.7 Å². The predicted molar refractivity (Wildman–Crippen MR) is 69.7 cm³/mol. The Morgan fingerprint density at radius 1 is 1.40 bits per heavy atom. The lowest BCUT2D eigenvalue weighted by molar-refractivity contribution is -0.144. The van der Waals surface area contributed by atoms with Crippen molar-refractivity contribution in [3.05, 3.63) is 0 Å². The van der Waals surface area contributed by atoms with E-state index in [2.05, 4.69) is 5.43 Å². The molecule has 1 fully saturated rings. The van der Waals surface area contributed by atoms with Gasteiger partial charge in [-0.1, -0.05) is 24.4 Å². The summed E-state index contributed by atoms with van der Waals surface area (Å²) in [6.45, 7) is -0.261. The van der Waals surface area contributed by atoms with Gasteiger partial charge < -0.3 is 11.5 Å². The van der Waals surface area contributed by atoms with Crippen molar-refractivity contribution in [1.82, 2.24) is 10.4 Å². The van der Waals surface area contributed by atoms with Gasteiger partial charge in [0, 0.05) is 6.42 Å². The lowest BCUT2D eigenvalue weighted by atomic mass is 10.1. The average Bonchev–Trinajstić information content (AvgIpc) is 3.16. The molecule has 2 unspecified atom stereocenters. The van der Waals surface area contributed by atoms with E-state index in [9.17, 15) is 18.8 Å². The van der Waals surface area contributed by atoms with Crippen molar-refractivity contribution in [1.29, 1.82) is 0 Å². The first-order valence-electron chi connectivity index (χ1n) is 6.25. The molecule has 0 aromatic heterocycles. The molecule has 0 saturated heterocycles. The maximum atomic E-state index is 12.8. The van der Waals surface area contributed by atoms with Crippen molar-refractivity contribution in [3.63, 3.8) is 0 Å². The number of nitrogens with two attached hydrogens (primary N) is 2. The summed E-state index contributed by atoms with van der Waals surface area (Å²) in [6, 6.07) is -0.792. The standard InChI is InChI=1S/C11H18ClFN4O3/c12-9(13)11(20)17(4-3-8(15)18)16-10(19)7(14)5-6-1-2-6/h6-7,9H,1-5,14H2,(H2,15,18)(H,16,19). The van der Waals surface area contributed by atoms with Crippen LogP contribution in [-0.2, 0) is 14.4 Å². The summed E-state index contributed by atoms with van der Waals surface area (Å²) in [4.78, 5) is 33.9. The molecule has 7 nitrogen and oxygen atoms in total. The van der Waals surface area contributed by atoms with Crippen LogP contribution in [0.5, 0.6) is 0 Å². The molecule has 0 aromatic rings. The highest BCUT2D eigenvalue weighted by Gasteiger charge is 2.29. The molecule has 0 bridgehead atoms. The zero-order valence-electron chi connectivity index (χ0n) is 10.9. The van der Waals surface area contributed by atoms with E-state index in [4.69, 9.17) is 23.1 Å². The molecule has 20 heavy (non-hydrogen) atoms. The molecule has 1 aliphatic carbocycles. The molecular weight excluding hydrogens is 291 g/mol. The molecule has 0 heterocycles. The van der Waals surface area contributed by atoms with Crippen LogP contribution >= 0.6 is 11.6 Å². The predicted octanol–water partition coefficient (Wildman–Crippen LogP) is -0.617. The summed E-state index contributed by atoms with van der Waals surface area (Å²) in [5, 5.41) is 0.636. The summed E-state index contributed by atoms with van der Waals surface area (Å²) in [7, 11) is 0. The highest BCUT2D eigenvalue weighted by Crippen LogP contribution is 2.33. The number of carbonyl (C=O) groups is 3. The first-order chi connectivity index (χ1) is 9.31. The van der Waals surface area contributed by atoms with Gasteiger partial charge in [0.05, 0.1) is 12.6 Å². The number of alkyl halides is 2. The molecule has 1 saturated carbocycles. The van der Waals surface area contributed by atoms with Gasteiger partial charge in [-0.2, -0.15) is 0 Å². The summed E-state index contributed by atoms with van der Waals surface area (Å²) >= 11 is 5.04. The summed E-state index contributed by atoms with van der Waals surface area (Å²) in [5.41, 5.74) is 10.5. The van der Waals surface area contributed by atoms with Gasteiger partial charge in [-0.15, -0.1) is 0 Å². The lowest BCUT2D eigenvalue weighted by Gasteiger charge is -2.24. The third-order valence-electron chi connectivity index (χ3n) is 2.90. The molecule has 5 N–H and O–H groups in total. The Kier molecular flexibility index (Phi) is 6.15. The molecule has 2 atom stereocenters. The van der Waals surface area contributed by atoms with Crippen LogP contribution in [0, 0.1) is 5.92 Å². The monoisotopic (exact) mass is 308 g/mol. The number of halogens is 2. The number of nitrogens with zero attached hydrogens (tertiary/aromatic N) is 1. The number of primary amides is 1. The molecular formula is C11H18ClFN4O3. The van der Waals surface area contributed by atoms with Gasteiger partial charge in [0.25, 0.3) is 17.4 Å². The van der Waals surface area contributed by atoms with Crippen LogP contribution in [0.2, 0.25) is 0 Å². The Balaban J connectivity index is 2.54. The highest BCUT2D eigenvalue weighted by atomic mass is 35.5. The lowest BCUT2D eigenvalue weighted by Crippen LogP contribution is -2.54. The summed E-state index contributed by atoms with van der Waals surface area (Å²) in [6.07, 6.45) is 2.33. The van der Waals surface area contributed by atoms with Crippen LogP contribution in [0.15, 0.2) is 0 Å². The van der Waals surface area contributed by atoms with Gasteiger partial charge in [0.2, 0.25) is 5.91 Å².